The van der Waals surface area contributed by atoms with Crippen molar-refractivity contribution in [2.24, 2.45) is 0 Å². The van der Waals surface area contributed by atoms with Gasteiger partial charge in [-0.25, -0.2) is 4.98 Å². The van der Waals surface area contributed by atoms with Gasteiger partial charge in [-0.05, 0) is 28.0 Å². The van der Waals surface area contributed by atoms with Crippen LogP contribution < -0.4 is 0 Å². The van der Waals surface area contributed by atoms with Crippen molar-refractivity contribution in [2.45, 2.75) is 0 Å². The summed E-state index contributed by atoms with van der Waals surface area (Å²) in [7, 11) is 0. The molecule has 36 heavy (non-hydrogen) atoms. The highest BCUT2D eigenvalue weighted by Gasteiger charge is 2.21. The molecule has 0 atom stereocenters. The summed E-state index contributed by atoms with van der Waals surface area (Å²) in [4.78, 5) is 12.4. The molecule has 3 heterocycles. The summed E-state index contributed by atoms with van der Waals surface area (Å²) in [5, 5.41) is 18.1. The minimum Gasteiger partial charge on any atom is -0.360 e. The number of aromatic nitrogens is 5. The second-order valence-corrected chi connectivity index (χ2v) is 8.62. The summed E-state index contributed by atoms with van der Waals surface area (Å²) >= 11 is 0. The van der Waals surface area contributed by atoms with Crippen LogP contribution in [0.3, 0.4) is 0 Å². The van der Waals surface area contributed by atoms with Gasteiger partial charge < -0.3 is 4.98 Å². The molecule has 6 nitrogen and oxygen atoms in total. The van der Waals surface area contributed by atoms with Crippen molar-refractivity contribution in [2.75, 3.05) is 0 Å². The molecule has 0 aliphatic carbocycles. The number of nitriles is 1. The Morgan fingerprint density at radius 3 is 2.36 bits per heavy atom. The number of hydrogen-bond donors (Lipinski definition) is 1. The first-order valence-corrected chi connectivity index (χ1v) is 11.6. The number of nitrogens with one attached hydrogen (secondary N) is 1. The van der Waals surface area contributed by atoms with E-state index in [4.69, 9.17) is 4.98 Å². The maximum Gasteiger partial charge on any atom is 0.253 e. The third-order valence-electron chi connectivity index (χ3n) is 6.64. The van der Waals surface area contributed by atoms with Crippen molar-refractivity contribution in [3.8, 4) is 39.7 Å². The zero-order chi connectivity index (χ0) is 24.1. The molecule has 7 aromatic rings. The molecule has 0 spiro atoms. The summed E-state index contributed by atoms with van der Waals surface area (Å²) in [5.74, 6) is 0.447. The summed E-state index contributed by atoms with van der Waals surface area (Å²) in [6.45, 7) is 0. The van der Waals surface area contributed by atoms with Gasteiger partial charge in [-0.15, -0.1) is 0 Å². The molecule has 0 saturated carbocycles. The number of H-pyrrole nitrogens is 1. The molecule has 4 aromatic carbocycles. The van der Waals surface area contributed by atoms with E-state index in [1.165, 1.54) is 22.7 Å². The molecule has 0 saturated heterocycles. The standard InChI is InChI=1S/C30H18N6/c31-16-25-28(26-17-32-27-11-4-3-9-24(26)27)35-30-33-18-34-36(30)29(25)21-14-12-20(13-15-21)23-10-5-7-19-6-1-2-8-22(19)23/h1-15,17-18,32H. The Kier molecular flexibility index (Phi) is 4.41. The Morgan fingerprint density at radius 1 is 0.750 bits per heavy atom. The molecule has 1 N–H and O–H groups in total. The minimum atomic E-state index is 0.447. The third kappa shape index (κ3) is 3.00. The molecule has 0 unspecified atom stereocenters. The van der Waals surface area contributed by atoms with Crippen LogP contribution in [-0.2, 0) is 0 Å². The van der Waals surface area contributed by atoms with Gasteiger partial charge in [-0.1, -0.05) is 84.9 Å². The number of fused-ring (bicyclic) bond motifs is 3. The topological polar surface area (TPSA) is 82.7 Å². The molecule has 168 valence electrons. The average Bonchev–Trinajstić information content (AvgIpc) is 3.59. The first kappa shape index (κ1) is 20.1. The van der Waals surface area contributed by atoms with Crippen molar-refractivity contribution in [3.63, 3.8) is 0 Å². The van der Waals surface area contributed by atoms with Crippen molar-refractivity contribution < 1.29 is 0 Å². The Balaban J connectivity index is 1.43. The monoisotopic (exact) mass is 462 g/mol. The highest BCUT2D eigenvalue weighted by Crippen LogP contribution is 2.36. The van der Waals surface area contributed by atoms with Crippen LogP contribution >= 0.6 is 0 Å². The van der Waals surface area contributed by atoms with Gasteiger partial charge in [0, 0.05) is 28.2 Å². The molecule has 3 aromatic heterocycles. The molecule has 0 amide bonds. The van der Waals surface area contributed by atoms with Crippen LogP contribution in [0.25, 0.3) is 61.1 Å². The molecule has 0 radical (unpaired) electrons. The Bertz CT molecular complexity index is 1950. The lowest BCUT2D eigenvalue weighted by atomic mass is 9.95. The summed E-state index contributed by atoms with van der Waals surface area (Å²) < 4.78 is 1.64. The van der Waals surface area contributed by atoms with E-state index in [1.807, 2.05) is 42.6 Å². The lowest BCUT2D eigenvalue weighted by Crippen LogP contribution is -2.03. The summed E-state index contributed by atoms with van der Waals surface area (Å²) in [6, 6.07) is 33.4. The fraction of sp³-hybridized carbons (Fsp3) is 0. The maximum atomic E-state index is 10.3. The minimum absolute atomic E-state index is 0.447. The fourth-order valence-corrected chi connectivity index (χ4v) is 4.96. The van der Waals surface area contributed by atoms with Crippen LogP contribution in [-0.4, -0.2) is 24.6 Å². The highest BCUT2D eigenvalue weighted by molar-refractivity contribution is 5.98. The molecule has 0 aliphatic rings. The quantitative estimate of drug-likeness (QED) is 0.319. The largest absolute Gasteiger partial charge is 0.360 e. The van der Waals surface area contributed by atoms with Crippen molar-refractivity contribution in [3.05, 3.63) is 109 Å². The van der Waals surface area contributed by atoms with E-state index in [0.717, 1.165) is 27.6 Å². The van der Waals surface area contributed by atoms with E-state index in [9.17, 15) is 5.26 Å². The van der Waals surface area contributed by atoms with Crippen LogP contribution in [0.4, 0.5) is 0 Å². The zero-order valence-electron chi connectivity index (χ0n) is 19.1. The SMILES string of the molecule is N#Cc1c(-c2c[nH]c3ccccc23)nc2ncnn2c1-c1ccc(-c2cccc3ccccc23)cc1. The van der Waals surface area contributed by atoms with Gasteiger partial charge in [0.2, 0.25) is 0 Å². The lowest BCUT2D eigenvalue weighted by Gasteiger charge is -2.12. The molecule has 6 heteroatoms. The smallest absolute Gasteiger partial charge is 0.253 e. The number of hydrogen-bond acceptors (Lipinski definition) is 4. The predicted molar refractivity (Wildman–Crippen MR) is 141 cm³/mol. The van der Waals surface area contributed by atoms with E-state index in [-0.39, 0.29) is 0 Å². The van der Waals surface area contributed by atoms with Gasteiger partial charge in [0.1, 0.15) is 18.0 Å². The maximum absolute atomic E-state index is 10.3. The molecular weight excluding hydrogens is 444 g/mol. The van der Waals surface area contributed by atoms with Crippen LogP contribution in [0.2, 0.25) is 0 Å². The van der Waals surface area contributed by atoms with Crippen LogP contribution in [0.1, 0.15) is 5.56 Å². The van der Waals surface area contributed by atoms with Crippen molar-refractivity contribution in [1.29, 1.82) is 5.26 Å². The normalized spacial score (nSPS) is 11.3. The van der Waals surface area contributed by atoms with Gasteiger partial charge in [0.25, 0.3) is 5.78 Å². The van der Waals surface area contributed by atoms with E-state index < -0.39 is 0 Å². The second-order valence-electron chi connectivity index (χ2n) is 8.62. The number of aromatic amines is 1. The first-order chi connectivity index (χ1) is 17.8. The van der Waals surface area contributed by atoms with Crippen molar-refractivity contribution >= 4 is 27.5 Å². The van der Waals surface area contributed by atoms with Crippen LogP contribution in [0, 0.1) is 11.3 Å². The molecular formula is C30H18N6. The molecule has 0 fully saturated rings. The van der Waals surface area contributed by atoms with Gasteiger partial charge in [0.15, 0.2) is 0 Å². The summed E-state index contributed by atoms with van der Waals surface area (Å²) in [6.07, 6.45) is 3.37. The second kappa shape index (κ2) is 7.90. The fourth-order valence-electron chi connectivity index (χ4n) is 4.96. The number of rotatable bonds is 3. The molecule has 0 bridgehead atoms. The number of para-hydroxylation sites is 1. The van der Waals surface area contributed by atoms with Gasteiger partial charge in [0.05, 0.1) is 11.4 Å². The number of benzene rings is 4. The lowest BCUT2D eigenvalue weighted by molar-refractivity contribution is 0.945. The zero-order valence-corrected chi connectivity index (χ0v) is 19.1. The highest BCUT2D eigenvalue weighted by atomic mass is 15.3. The molecule has 0 aliphatic heterocycles. The van der Waals surface area contributed by atoms with E-state index in [0.29, 0.717) is 22.7 Å². The van der Waals surface area contributed by atoms with Crippen molar-refractivity contribution in [1.82, 2.24) is 24.6 Å². The average molecular weight is 463 g/mol. The predicted octanol–water partition coefficient (Wildman–Crippen LogP) is 6.63. The van der Waals surface area contributed by atoms with Crippen LogP contribution in [0.15, 0.2) is 104 Å². The Hall–Kier alpha value is -5.28. The van der Waals surface area contributed by atoms with Gasteiger partial charge in [-0.3, -0.25) is 0 Å². The first-order valence-electron chi connectivity index (χ1n) is 11.6. The van der Waals surface area contributed by atoms with Gasteiger partial charge in [-0.2, -0.15) is 19.9 Å². The van der Waals surface area contributed by atoms with E-state index in [1.54, 1.807) is 4.52 Å². The number of nitrogens with zero attached hydrogens (tertiary/aromatic N) is 5. The Morgan fingerprint density at radius 2 is 1.50 bits per heavy atom. The van der Waals surface area contributed by atoms with E-state index >= 15 is 0 Å². The van der Waals surface area contributed by atoms with E-state index in [2.05, 4.69) is 75.7 Å². The third-order valence-corrected chi connectivity index (χ3v) is 6.64. The van der Waals surface area contributed by atoms with Crippen LogP contribution in [0.5, 0.6) is 0 Å². The summed E-state index contributed by atoms with van der Waals surface area (Å²) in [5.41, 5.74) is 6.70. The molecule has 7 rings (SSSR count). The van der Waals surface area contributed by atoms with Gasteiger partial charge >= 0.3 is 0 Å². The Labute approximate surface area is 206 Å².